The van der Waals surface area contributed by atoms with Crippen molar-refractivity contribution in [3.8, 4) is 0 Å². The van der Waals surface area contributed by atoms with Crippen LogP contribution in [0.25, 0.3) is 0 Å². The van der Waals surface area contributed by atoms with E-state index in [0.717, 1.165) is 36.9 Å². The highest BCUT2D eigenvalue weighted by Crippen LogP contribution is 2.07. The van der Waals surface area contributed by atoms with Gasteiger partial charge in [0.2, 0.25) is 0 Å². The van der Waals surface area contributed by atoms with E-state index in [9.17, 15) is 0 Å². The maximum atomic E-state index is 5.31. The third-order valence-corrected chi connectivity index (χ3v) is 2.50. The van der Waals surface area contributed by atoms with Gasteiger partial charge in [-0.05, 0) is 26.1 Å². The summed E-state index contributed by atoms with van der Waals surface area (Å²) in [5.41, 5.74) is 0.950. The summed E-state index contributed by atoms with van der Waals surface area (Å²) in [5.74, 6) is 1.77. The summed E-state index contributed by atoms with van der Waals surface area (Å²) in [5, 5.41) is 3.12. The van der Waals surface area contributed by atoms with Crippen LogP contribution in [-0.4, -0.2) is 28.5 Å². The van der Waals surface area contributed by atoms with Crippen molar-refractivity contribution < 1.29 is 4.42 Å². The monoisotopic (exact) mass is 246 g/mol. The van der Waals surface area contributed by atoms with Crippen LogP contribution < -0.4 is 5.32 Å². The first-order chi connectivity index (χ1) is 8.78. The second kappa shape index (κ2) is 6.16. The van der Waals surface area contributed by atoms with Crippen molar-refractivity contribution in [2.45, 2.75) is 20.0 Å². The summed E-state index contributed by atoms with van der Waals surface area (Å²) in [7, 11) is 2.03. The minimum absolute atomic E-state index is 0.750. The summed E-state index contributed by atoms with van der Waals surface area (Å²) in [4.78, 5) is 10.8. The second-order valence-corrected chi connectivity index (χ2v) is 4.17. The van der Waals surface area contributed by atoms with Gasteiger partial charge in [0.05, 0.1) is 30.9 Å². The highest BCUT2D eigenvalue weighted by molar-refractivity contribution is 5.30. The minimum atomic E-state index is 0.750. The number of nitrogens with zero attached hydrogens (tertiary/aromatic N) is 3. The molecule has 0 spiro atoms. The molecule has 0 saturated carbocycles. The highest BCUT2D eigenvalue weighted by Gasteiger charge is 2.05. The Labute approximate surface area is 107 Å². The van der Waals surface area contributed by atoms with Gasteiger partial charge in [-0.15, -0.1) is 0 Å². The summed E-state index contributed by atoms with van der Waals surface area (Å²) in [6.07, 6.45) is 5.25. The zero-order chi connectivity index (χ0) is 12.8. The summed E-state index contributed by atoms with van der Waals surface area (Å²) in [6.45, 7) is 4.41. The van der Waals surface area contributed by atoms with Crippen LogP contribution in [0.2, 0.25) is 0 Å². The van der Waals surface area contributed by atoms with Gasteiger partial charge >= 0.3 is 0 Å². The van der Waals surface area contributed by atoms with Gasteiger partial charge in [0, 0.05) is 13.1 Å². The zero-order valence-electron chi connectivity index (χ0n) is 10.8. The van der Waals surface area contributed by atoms with E-state index < -0.39 is 0 Å². The van der Waals surface area contributed by atoms with E-state index in [-0.39, 0.29) is 0 Å². The first kappa shape index (κ1) is 12.6. The number of anilines is 1. The van der Waals surface area contributed by atoms with Crippen molar-refractivity contribution in [2.75, 3.05) is 18.9 Å². The highest BCUT2D eigenvalue weighted by atomic mass is 16.3. The van der Waals surface area contributed by atoms with Crippen LogP contribution in [0.3, 0.4) is 0 Å². The third-order valence-electron chi connectivity index (χ3n) is 2.50. The lowest BCUT2D eigenvalue weighted by Crippen LogP contribution is -2.17. The molecule has 0 aromatic carbocycles. The average molecular weight is 246 g/mol. The Morgan fingerprint density at radius 3 is 2.78 bits per heavy atom. The number of furan rings is 1. The molecule has 2 aromatic heterocycles. The maximum Gasteiger partial charge on any atom is 0.144 e. The lowest BCUT2D eigenvalue weighted by atomic mass is 10.3. The first-order valence-corrected chi connectivity index (χ1v) is 6.03. The van der Waals surface area contributed by atoms with E-state index in [1.165, 1.54) is 0 Å². The molecule has 0 fully saturated rings. The van der Waals surface area contributed by atoms with Crippen molar-refractivity contribution in [1.29, 1.82) is 0 Å². The van der Waals surface area contributed by atoms with E-state index in [4.69, 9.17) is 4.42 Å². The lowest BCUT2D eigenvalue weighted by molar-refractivity contribution is 0.284. The Morgan fingerprint density at radius 2 is 2.17 bits per heavy atom. The molecule has 2 heterocycles. The van der Waals surface area contributed by atoms with Crippen molar-refractivity contribution in [3.63, 3.8) is 0 Å². The first-order valence-electron chi connectivity index (χ1n) is 6.03. The van der Waals surface area contributed by atoms with Crippen LogP contribution in [0.4, 0.5) is 5.82 Å². The van der Waals surface area contributed by atoms with Gasteiger partial charge < -0.3 is 9.73 Å². The molecule has 2 rings (SSSR count). The Hall–Kier alpha value is -1.88. The average Bonchev–Trinajstić information content (AvgIpc) is 2.84. The molecule has 0 atom stereocenters. The number of aromatic nitrogens is 2. The molecule has 0 saturated heterocycles. The van der Waals surface area contributed by atoms with E-state index in [1.807, 2.05) is 26.1 Å². The van der Waals surface area contributed by atoms with Crippen molar-refractivity contribution in [2.24, 2.45) is 0 Å². The Bertz CT molecular complexity index is 452. The number of hydrogen-bond donors (Lipinski definition) is 1. The van der Waals surface area contributed by atoms with Crippen LogP contribution in [-0.2, 0) is 13.1 Å². The smallest absolute Gasteiger partial charge is 0.144 e. The molecule has 18 heavy (non-hydrogen) atoms. The molecule has 5 nitrogen and oxygen atoms in total. The predicted molar refractivity (Wildman–Crippen MR) is 70.1 cm³/mol. The molecular formula is C13H18N4O. The van der Waals surface area contributed by atoms with Crippen molar-refractivity contribution >= 4 is 5.82 Å². The normalized spacial score (nSPS) is 10.8. The molecule has 0 radical (unpaired) electrons. The topological polar surface area (TPSA) is 54.2 Å². The number of nitrogens with one attached hydrogen (secondary N) is 1. The van der Waals surface area contributed by atoms with E-state index in [2.05, 4.69) is 20.2 Å². The third kappa shape index (κ3) is 3.56. The standard InChI is InChI=1S/C13H18N4O/c1-3-14-13-8-15-11(7-16-13)9-17(2)10-12-5-4-6-18-12/h4-8H,3,9-10H2,1-2H3,(H,14,16). The molecular weight excluding hydrogens is 228 g/mol. The fourth-order valence-electron chi connectivity index (χ4n) is 1.71. The lowest BCUT2D eigenvalue weighted by Gasteiger charge is -2.14. The van der Waals surface area contributed by atoms with Crippen LogP contribution in [0.15, 0.2) is 35.2 Å². The Morgan fingerprint density at radius 1 is 1.28 bits per heavy atom. The van der Waals surface area contributed by atoms with Crippen LogP contribution in [0.5, 0.6) is 0 Å². The summed E-state index contributed by atoms with van der Waals surface area (Å²) in [6, 6.07) is 3.87. The van der Waals surface area contributed by atoms with Gasteiger partial charge in [-0.25, -0.2) is 4.98 Å². The molecule has 0 unspecified atom stereocenters. The largest absolute Gasteiger partial charge is 0.468 e. The van der Waals surface area contributed by atoms with Crippen LogP contribution in [0, 0.1) is 0 Å². The predicted octanol–water partition coefficient (Wildman–Crippen LogP) is 2.13. The fourth-order valence-corrected chi connectivity index (χ4v) is 1.71. The van der Waals surface area contributed by atoms with Crippen molar-refractivity contribution in [3.05, 3.63) is 42.2 Å². The van der Waals surface area contributed by atoms with Gasteiger partial charge in [-0.2, -0.15) is 0 Å². The quantitative estimate of drug-likeness (QED) is 0.846. The SMILES string of the molecule is CCNc1cnc(CN(C)Cc2ccco2)cn1. The molecule has 2 aromatic rings. The summed E-state index contributed by atoms with van der Waals surface area (Å²) >= 11 is 0. The molecule has 1 N–H and O–H groups in total. The van der Waals surface area contributed by atoms with Gasteiger partial charge in [-0.1, -0.05) is 0 Å². The Balaban J connectivity index is 1.88. The van der Waals surface area contributed by atoms with Gasteiger partial charge in [0.15, 0.2) is 0 Å². The number of rotatable bonds is 6. The fraction of sp³-hybridized carbons (Fsp3) is 0.385. The maximum absolute atomic E-state index is 5.31. The molecule has 96 valence electrons. The molecule has 0 aliphatic heterocycles. The Kier molecular flexibility index (Phi) is 4.30. The molecule has 5 heteroatoms. The summed E-state index contributed by atoms with van der Waals surface area (Å²) < 4.78 is 5.31. The number of hydrogen-bond acceptors (Lipinski definition) is 5. The minimum Gasteiger partial charge on any atom is -0.468 e. The van der Waals surface area contributed by atoms with Gasteiger partial charge in [-0.3, -0.25) is 9.88 Å². The van der Waals surface area contributed by atoms with E-state index in [0.29, 0.717) is 0 Å². The van der Waals surface area contributed by atoms with Gasteiger partial charge in [0.1, 0.15) is 11.6 Å². The van der Waals surface area contributed by atoms with E-state index in [1.54, 1.807) is 18.7 Å². The van der Waals surface area contributed by atoms with Crippen LogP contribution >= 0.6 is 0 Å². The van der Waals surface area contributed by atoms with Crippen LogP contribution in [0.1, 0.15) is 18.4 Å². The molecule has 0 aliphatic rings. The van der Waals surface area contributed by atoms with Gasteiger partial charge in [0.25, 0.3) is 0 Å². The molecule has 0 bridgehead atoms. The molecule has 0 amide bonds. The molecule has 0 aliphatic carbocycles. The second-order valence-electron chi connectivity index (χ2n) is 4.17. The zero-order valence-corrected chi connectivity index (χ0v) is 10.8. The van der Waals surface area contributed by atoms with Crippen molar-refractivity contribution in [1.82, 2.24) is 14.9 Å². The van der Waals surface area contributed by atoms with E-state index >= 15 is 0 Å².